The van der Waals surface area contributed by atoms with Gasteiger partial charge in [0, 0.05) is 26.7 Å². The van der Waals surface area contributed by atoms with Crippen molar-refractivity contribution in [3.63, 3.8) is 0 Å². The Labute approximate surface area is 136 Å². The van der Waals surface area contributed by atoms with Crippen LogP contribution in [0, 0.1) is 18.8 Å². The number of nitrogens with zero attached hydrogens (tertiary/aromatic N) is 2. The van der Waals surface area contributed by atoms with Gasteiger partial charge in [0.1, 0.15) is 5.75 Å². The highest BCUT2D eigenvalue weighted by molar-refractivity contribution is 5.92. The fourth-order valence-corrected chi connectivity index (χ4v) is 3.48. The molecule has 0 aliphatic carbocycles. The molecule has 6 heteroatoms. The molecule has 1 aromatic rings. The first kappa shape index (κ1) is 15.6. The molecule has 1 N–H and O–H groups in total. The number of nitrogens with one attached hydrogen (secondary N) is 1. The number of aryl methyl sites for hydroxylation is 1. The number of urea groups is 1. The van der Waals surface area contributed by atoms with Crippen LogP contribution in [0.15, 0.2) is 18.2 Å². The van der Waals surface area contributed by atoms with Crippen molar-refractivity contribution in [3.8, 4) is 5.75 Å². The fourth-order valence-electron chi connectivity index (χ4n) is 3.48. The number of hydrogen-bond acceptors (Lipinski definition) is 3. The molecule has 1 aromatic carbocycles. The summed E-state index contributed by atoms with van der Waals surface area (Å²) < 4.78 is 5.30. The van der Waals surface area contributed by atoms with Gasteiger partial charge in [-0.15, -0.1) is 0 Å². The maximum atomic E-state index is 12.6. The number of carbonyl (C=O) groups is 2. The number of amides is 3. The van der Waals surface area contributed by atoms with Gasteiger partial charge in [-0.05, 0) is 37.0 Å². The second-order valence-corrected chi connectivity index (χ2v) is 6.45. The third kappa shape index (κ3) is 2.98. The van der Waals surface area contributed by atoms with Crippen molar-refractivity contribution in [2.45, 2.75) is 13.3 Å². The molecule has 2 heterocycles. The molecule has 0 saturated carbocycles. The SMILES string of the molecule is COc1ccc(C)cc1NC(=O)N1C[C@H]2CCN(C)C(=O)[C@H]2C1. The molecule has 2 fully saturated rings. The second kappa shape index (κ2) is 6.10. The normalized spacial score (nSPS) is 23.7. The molecule has 2 aliphatic rings. The Balaban J connectivity index is 1.70. The highest BCUT2D eigenvalue weighted by atomic mass is 16.5. The quantitative estimate of drug-likeness (QED) is 0.907. The number of carbonyl (C=O) groups excluding carboxylic acids is 2. The molecule has 3 rings (SSSR count). The standard InChI is InChI=1S/C17H23N3O3/c1-11-4-5-15(23-3)14(8-11)18-17(22)20-9-12-6-7-19(2)16(21)13(12)10-20/h4-5,8,12-13H,6-7,9-10H2,1-3H3,(H,18,22)/t12-,13+/m1/s1. The zero-order chi connectivity index (χ0) is 16.6. The monoisotopic (exact) mass is 317 g/mol. The molecule has 2 aliphatic heterocycles. The van der Waals surface area contributed by atoms with Crippen molar-refractivity contribution in [1.82, 2.24) is 9.80 Å². The highest BCUT2D eigenvalue weighted by Crippen LogP contribution is 2.32. The number of piperidine rings is 1. The van der Waals surface area contributed by atoms with E-state index in [9.17, 15) is 9.59 Å². The Morgan fingerprint density at radius 3 is 2.87 bits per heavy atom. The topological polar surface area (TPSA) is 61.9 Å². The van der Waals surface area contributed by atoms with Crippen LogP contribution in [0.3, 0.4) is 0 Å². The molecule has 6 nitrogen and oxygen atoms in total. The summed E-state index contributed by atoms with van der Waals surface area (Å²) in [4.78, 5) is 28.3. The molecular weight excluding hydrogens is 294 g/mol. The van der Waals surface area contributed by atoms with Gasteiger partial charge in [0.05, 0.1) is 18.7 Å². The minimum Gasteiger partial charge on any atom is -0.495 e. The molecule has 3 amide bonds. The molecular formula is C17H23N3O3. The van der Waals surface area contributed by atoms with Crippen molar-refractivity contribution in [1.29, 1.82) is 0 Å². The van der Waals surface area contributed by atoms with Gasteiger partial charge in [-0.1, -0.05) is 6.07 Å². The first-order chi connectivity index (χ1) is 11.0. The molecule has 0 aromatic heterocycles. The van der Waals surface area contributed by atoms with Crippen molar-refractivity contribution < 1.29 is 14.3 Å². The number of methoxy groups -OCH3 is 1. The van der Waals surface area contributed by atoms with Crippen molar-refractivity contribution in [2.75, 3.05) is 39.1 Å². The molecule has 0 spiro atoms. The van der Waals surface area contributed by atoms with Gasteiger partial charge in [0.25, 0.3) is 0 Å². The average molecular weight is 317 g/mol. The third-order valence-corrected chi connectivity index (χ3v) is 4.85. The first-order valence-electron chi connectivity index (χ1n) is 7.95. The summed E-state index contributed by atoms with van der Waals surface area (Å²) in [6.07, 6.45) is 0.963. The number of likely N-dealkylation sites (tertiary alicyclic amines) is 2. The smallest absolute Gasteiger partial charge is 0.321 e. The van der Waals surface area contributed by atoms with Crippen LogP contribution in [0.5, 0.6) is 5.75 Å². The van der Waals surface area contributed by atoms with Crippen LogP contribution < -0.4 is 10.1 Å². The molecule has 2 saturated heterocycles. The summed E-state index contributed by atoms with van der Waals surface area (Å²) >= 11 is 0. The summed E-state index contributed by atoms with van der Waals surface area (Å²) in [5.41, 5.74) is 1.71. The van der Waals surface area contributed by atoms with Gasteiger partial charge in [-0.2, -0.15) is 0 Å². The van der Waals surface area contributed by atoms with Crippen LogP contribution in [0.2, 0.25) is 0 Å². The maximum absolute atomic E-state index is 12.6. The van der Waals surface area contributed by atoms with Crippen LogP contribution >= 0.6 is 0 Å². The number of fused-ring (bicyclic) bond motifs is 1. The number of ether oxygens (including phenoxy) is 1. The summed E-state index contributed by atoms with van der Waals surface area (Å²) in [6.45, 7) is 3.88. The van der Waals surface area contributed by atoms with Gasteiger partial charge in [0.15, 0.2) is 0 Å². The Bertz CT molecular complexity index is 632. The highest BCUT2D eigenvalue weighted by Gasteiger charge is 2.43. The molecule has 0 unspecified atom stereocenters. The number of anilines is 1. The third-order valence-electron chi connectivity index (χ3n) is 4.85. The van der Waals surface area contributed by atoms with Crippen molar-refractivity contribution in [3.05, 3.63) is 23.8 Å². The molecule has 2 atom stereocenters. The van der Waals surface area contributed by atoms with E-state index in [0.29, 0.717) is 24.5 Å². The first-order valence-corrected chi connectivity index (χ1v) is 7.95. The summed E-state index contributed by atoms with van der Waals surface area (Å²) in [6, 6.07) is 5.50. The minimum absolute atomic E-state index is 0.0566. The van der Waals surface area contributed by atoms with Crippen LogP contribution in [0.1, 0.15) is 12.0 Å². The maximum Gasteiger partial charge on any atom is 0.321 e. The van der Waals surface area contributed by atoms with E-state index >= 15 is 0 Å². The van der Waals surface area contributed by atoms with Gasteiger partial charge in [-0.25, -0.2) is 4.79 Å². The van der Waals surface area contributed by atoms with Gasteiger partial charge in [-0.3, -0.25) is 4.79 Å². The molecule has 23 heavy (non-hydrogen) atoms. The molecule has 0 radical (unpaired) electrons. The van der Waals surface area contributed by atoms with E-state index in [-0.39, 0.29) is 23.8 Å². The van der Waals surface area contributed by atoms with Crippen LogP contribution in [-0.4, -0.2) is 55.5 Å². The second-order valence-electron chi connectivity index (χ2n) is 6.45. The van der Waals surface area contributed by atoms with Gasteiger partial charge in [0.2, 0.25) is 5.91 Å². The average Bonchev–Trinajstić information content (AvgIpc) is 2.96. The zero-order valence-corrected chi connectivity index (χ0v) is 13.8. The van der Waals surface area contributed by atoms with Crippen molar-refractivity contribution >= 4 is 17.6 Å². The summed E-state index contributed by atoms with van der Waals surface area (Å²) in [7, 11) is 3.41. The van der Waals surface area contributed by atoms with Gasteiger partial charge >= 0.3 is 6.03 Å². The lowest BCUT2D eigenvalue weighted by Gasteiger charge is -2.30. The van der Waals surface area contributed by atoms with Crippen LogP contribution in [0.25, 0.3) is 0 Å². The largest absolute Gasteiger partial charge is 0.495 e. The Morgan fingerprint density at radius 1 is 1.35 bits per heavy atom. The zero-order valence-electron chi connectivity index (χ0n) is 13.8. The van der Waals surface area contributed by atoms with E-state index < -0.39 is 0 Å². The predicted octanol–water partition coefficient (Wildman–Crippen LogP) is 1.95. The Hall–Kier alpha value is -2.24. The van der Waals surface area contributed by atoms with E-state index in [1.807, 2.05) is 32.2 Å². The van der Waals surface area contributed by atoms with E-state index in [1.165, 1.54) is 0 Å². The lowest BCUT2D eigenvalue weighted by atomic mass is 9.88. The van der Waals surface area contributed by atoms with Crippen LogP contribution in [0.4, 0.5) is 10.5 Å². The van der Waals surface area contributed by atoms with E-state index in [1.54, 1.807) is 16.9 Å². The van der Waals surface area contributed by atoms with E-state index in [4.69, 9.17) is 4.74 Å². The van der Waals surface area contributed by atoms with Crippen molar-refractivity contribution in [2.24, 2.45) is 11.8 Å². The minimum atomic E-state index is -0.168. The molecule has 124 valence electrons. The van der Waals surface area contributed by atoms with Gasteiger partial charge < -0.3 is 19.9 Å². The predicted molar refractivity (Wildman–Crippen MR) is 87.6 cm³/mol. The van der Waals surface area contributed by atoms with E-state index in [0.717, 1.165) is 18.5 Å². The van der Waals surface area contributed by atoms with Crippen LogP contribution in [-0.2, 0) is 4.79 Å². The molecule has 0 bridgehead atoms. The lowest BCUT2D eigenvalue weighted by Crippen LogP contribution is -2.42. The lowest BCUT2D eigenvalue weighted by molar-refractivity contribution is -0.137. The number of rotatable bonds is 2. The number of hydrogen-bond donors (Lipinski definition) is 1. The fraction of sp³-hybridized carbons (Fsp3) is 0.529. The Kier molecular flexibility index (Phi) is 4.15. The Morgan fingerprint density at radius 2 is 2.13 bits per heavy atom. The van der Waals surface area contributed by atoms with E-state index in [2.05, 4.69) is 5.32 Å². The summed E-state index contributed by atoms with van der Waals surface area (Å²) in [5.74, 6) is 1.02. The summed E-state index contributed by atoms with van der Waals surface area (Å²) in [5, 5.41) is 2.92. The number of benzene rings is 1.